The van der Waals surface area contributed by atoms with E-state index in [9.17, 15) is 9.59 Å². The molecule has 1 saturated carbocycles. The van der Waals surface area contributed by atoms with Crippen molar-refractivity contribution in [2.24, 2.45) is 23.5 Å². The van der Waals surface area contributed by atoms with E-state index in [1.807, 2.05) is 13.8 Å². The number of hydrogen-bond acceptors (Lipinski definition) is 3. The fraction of sp³-hybridized carbons (Fsp3) is 0.846. The van der Waals surface area contributed by atoms with Gasteiger partial charge in [-0.2, -0.15) is 0 Å². The van der Waals surface area contributed by atoms with E-state index in [1.165, 1.54) is 0 Å². The molecule has 0 aromatic rings. The molecule has 3 atom stereocenters. The fourth-order valence-electron chi connectivity index (χ4n) is 2.58. The Balaban J connectivity index is 2.36. The second-order valence-electron chi connectivity index (χ2n) is 5.62. The molecule has 0 radical (unpaired) electrons. The first kappa shape index (κ1) is 15.0. The summed E-state index contributed by atoms with van der Waals surface area (Å²) in [5.74, 6) is -0.800. The Labute approximate surface area is 108 Å². The average molecular weight is 256 g/mol. The van der Waals surface area contributed by atoms with Gasteiger partial charge in [-0.1, -0.05) is 20.3 Å². The number of hydrogen-bond donors (Lipinski definition) is 3. The predicted octanol–water partition coefficient (Wildman–Crippen LogP) is 0.977. The summed E-state index contributed by atoms with van der Waals surface area (Å²) in [6.45, 7) is 4.47. The summed E-state index contributed by atoms with van der Waals surface area (Å²) in [7, 11) is 0. The number of rotatable bonds is 6. The van der Waals surface area contributed by atoms with Crippen LogP contribution in [0.1, 0.15) is 39.5 Å². The minimum Gasteiger partial charge on any atom is -0.481 e. The van der Waals surface area contributed by atoms with Gasteiger partial charge < -0.3 is 16.2 Å². The Morgan fingerprint density at radius 2 is 2.06 bits per heavy atom. The molecule has 1 aliphatic rings. The molecular formula is C13H24N2O3. The van der Waals surface area contributed by atoms with E-state index in [2.05, 4.69) is 5.32 Å². The molecule has 104 valence electrons. The lowest BCUT2D eigenvalue weighted by Crippen LogP contribution is -2.43. The van der Waals surface area contributed by atoms with Crippen molar-refractivity contribution in [2.75, 3.05) is 6.54 Å². The third-order valence-electron chi connectivity index (χ3n) is 3.58. The van der Waals surface area contributed by atoms with Crippen molar-refractivity contribution < 1.29 is 14.7 Å². The Hall–Kier alpha value is -1.10. The van der Waals surface area contributed by atoms with Gasteiger partial charge in [-0.3, -0.25) is 9.59 Å². The monoisotopic (exact) mass is 256 g/mol. The molecule has 0 spiro atoms. The normalized spacial score (nSPS) is 25.1. The van der Waals surface area contributed by atoms with Crippen LogP contribution >= 0.6 is 0 Å². The fourth-order valence-corrected chi connectivity index (χ4v) is 2.58. The molecule has 18 heavy (non-hydrogen) atoms. The first-order valence-electron chi connectivity index (χ1n) is 6.68. The largest absolute Gasteiger partial charge is 0.481 e. The molecule has 0 bridgehead atoms. The van der Waals surface area contributed by atoms with Gasteiger partial charge in [0.05, 0.1) is 12.0 Å². The third kappa shape index (κ3) is 4.29. The summed E-state index contributed by atoms with van der Waals surface area (Å²) in [6.07, 6.45) is 3.17. The minimum absolute atomic E-state index is 0.0534. The molecule has 0 aromatic heterocycles. The zero-order valence-electron chi connectivity index (χ0n) is 11.2. The van der Waals surface area contributed by atoms with Crippen molar-refractivity contribution in [1.29, 1.82) is 0 Å². The van der Waals surface area contributed by atoms with Crippen LogP contribution in [0.4, 0.5) is 0 Å². The van der Waals surface area contributed by atoms with Gasteiger partial charge in [0.2, 0.25) is 5.91 Å². The van der Waals surface area contributed by atoms with Crippen molar-refractivity contribution in [3.63, 3.8) is 0 Å². The molecule has 1 fully saturated rings. The van der Waals surface area contributed by atoms with E-state index < -0.39 is 12.0 Å². The van der Waals surface area contributed by atoms with E-state index >= 15 is 0 Å². The minimum atomic E-state index is -0.752. The van der Waals surface area contributed by atoms with Crippen LogP contribution in [-0.2, 0) is 9.59 Å². The van der Waals surface area contributed by atoms with Gasteiger partial charge in [0.15, 0.2) is 0 Å². The lowest BCUT2D eigenvalue weighted by molar-refractivity contribution is -0.143. The lowest BCUT2D eigenvalue weighted by atomic mass is 9.96. The standard InChI is InChI=1S/C13H24N2O3/c1-8(2)6-11(14)12(16)15-7-9-4-3-5-10(9)13(17)18/h8-11H,3-7,14H2,1-2H3,(H,15,16)(H,17,18)/t9?,10?,11-/m0/s1. The van der Waals surface area contributed by atoms with Gasteiger partial charge in [0, 0.05) is 6.54 Å². The van der Waals surface area contributed by atoms with Gasteiger partial charge in [-0.25, -0.2) is 0 Å². The molecule has 0 aliphatic heterocycles. The maximum absolute atomic E-state index is 11.7. The van der Waals surface area contributed by atoms with Crippen molar-refractivity contribution >= 4 is 11.9 Å². The molecule has 1 rings (SSSR count). The number of carbonyl (C=O) groups is 2. The third-order valence-corrected chi connectivity index (χ3v) is 3.58. The van der Waals surface area contributed by atoms with E-state index in [0.29, 0.717) is 25.3 Å². The Bertz CT molecular complexity index is 305. The van der Waals surface area contributed by atoms with E-state index in [4.69, 9.17) is 10.8 Å². The van der Waals surface area contributed by atoms with Crippen LogP contribution in [0.5, 0.6) is 0 Å². The van der Waals surface area contributed by atoms with Gasteiger partial charge in [-0.15, -0.1) is 0 Å². The quantitative estimate of drug-likeness (QED) is 0.660. The molecule has 4 N–H and O–H groups in total. The van der Waals surface area contributed by atoms with E-state index in [1.54, 1.807) is 0 Å². The molecular weight excluding hydrogens is 232 g/mol. The van der Waals surface area contributed by atoms with Crippen molar-refractivity contribution in [3.05, 3.63) is 0 Å². The van der Waals surface area contributed by atoms with E-state index in [0.717, 1.165) is 12.8 Å². The number of carboxylic acids is 1. The predicted molar refractivity (Wildman–Crippen MR) is 68.9 cm³/mol. The highest BCUT2D eigenvalue weighted by molar-refractivity contribution is 5.81. The number of carbonyl (C=O) groups excluding carboxylic acids is 1. The first-order chi connectivity index (χ1) is 8.41. The van der Waals surface area contributed by atoms with Gasteiger partial charge in [-0.05, 0) is 31.1 Å². The Morgan fingerprint density at radius 1 is 1.39 bits per heavy atom. The summed E-state index contributed by atoms with van der Waals surface area (Å²) < 4.78 is 0. The average Bonchev–Trinajstić information content (AvgIpc) is 2.72. The number of amides is 1. The van der Waals surface area contributed by atoms with Crippen LogP contribution in [-0.4, -0.2) is 29.6 Å². The number of nitrogens with one attached hydrogen (secondary N) is 1. The van der Waals surface area contributed by atoms with Gasteiger partial charge >= 0.3 is 5.97 Å². The second-order valence-corrected chi connectivity index (χ2v) is 5.62. The second kappa shape index (κ2) is 6.73. The molecule has 2 unspecified atom stereocenters. The van der Waals surface area contributed by atoms with Crippen LogP contribution in [0.15, 0.2) is 0 Å². The van der Waals surface area contributed by atoms with Crippen molar-refractivity contribution in [2.45, 2.75) is 45.6 Å². The topological polar surface area (TPSA) is 92.4 Å². The maximum atomic E-state index is 11.7. The first-order valence-corrected chi connectivity index (χ1v) is 6.68. The summed E-state index contributed by atoms with van der Waals surface area (Å²) in [6, 6.07) is -0.491. The summed E-state index contributed by atoms with van der Waals surface area (Å²) in [5.41, 5.74) is 5.77. The maximum Gasteiger partial charge on any atom is 0.306 e. The molecule has 0 saturated heterocycles. The van der Waals surface area contributed by atoms with Crippen molar-refractivity contribution in [3.8, 4) is 0 Å². The zero-order valence-corrected chi connectivity index (χ0v) is 11.2. The number of nitrogens with two attached hydrogens (primary N) is 1. The summed E-state index contributed by atoms with van der Waals surface area (Å²) in [4.78, 5) is 22.7. The smallest absolute Gasteiger partial charge is 0.306 e. The van der Waals surface area contributed by atoms with Crippen LogP contribution < -0.4 is 11.1 Å². The molecule has 0 aromatic carbocycles. The molecule has 5 heteroatoms. The van der Waals surface area contributed by atoms with Crippen LogP contribution in [0.25, 0.3) is 0 Å². The lowest BCUT2D eigenvalue weighted by Gasteiger charge is -2.19. The highest BCUT2D eigenvalue weighted by Crippen LogP contribution is 2.31. The van der Waals surface area contributed by atoms with Gasteiger partial charge in [0.25, 0.3) is 0 Å². The van der Waals surface area contributed by atoms with Gasteiger partial charge in [0.1, 0.15) is 0 Å². The molecule has 5 nitrogen and oxygen atoms in total. The Kier molecular flexibility index (Phi) is 5.59. The van der Waals surface area contributed by atoms with Crippen LogP contribution in [0.3, 0.4) is 0 Å². The highest BCUT2D eigenvalue weighted by Gasteiger charge is 2.33. The number of carboxylic acid groups (broad SMARTS) is 1. The summed E-state index contributed by atoms with van der Waals surface area (Å²) >= 11 is 0. The SMILES string of the molecule is CC(C)C[C@H](N)C(=O)NCC1CCCC1C(=O)O. The van der Waals surface area contributed by atoms with Crippen molar-refractivity contribution in [1.82, 2.24) is 5.32 Å². The zero-order chi connectivity index (χ0) is 13.7. The molecule has 1 amide bonds. The molecule has 1 aliphatic carbocycles. The Morgan fingerprint density at radius 3 is 2.61 bits per heavy atom. The summed E-state index contributed by atoms with van der Waals surface area (Å²) in [5, 5.41) is 11.8. The van der Waals surface area contributed by atoms with Crippen LogP contribution in [0, 0.1) is 17.8 Å². The molecule has 0 heterocycles. The number of aliphatic carboxylic acids is 1. The van der Waals surface area contributed by atoms with E-state index in [-0.39, 0.29) is 17.7 Å². The highest BCUT2D eigenvalue weighted by atomic mass is 16.4. The van der Waals surface area contributed by atoms with Crippen LogP contribution in [0.2, 0.25) is 0 Å².